The van der Waals surface area contributed by atoms with Crippen molar-refractivity contribution in [1.82, 2.24) is 10.2 Å². The number of nitrogens with zero attached hydrogens (tertiary/aromatic N) is 1. The summed E-state index contributed by atoms with van der Waals surface area (Å²) in [6.07, 6.45) is 1.42. The molecule has 1 atom stereocenters. The normalized spacial score (nSPS) is 11.7. The first-order chi connectivity index (χ1) is 13.4. The maximum Gasteiger partial charge on any atom is 0.242 e. The Morgan fingerprint density at radius 2 is 1.64 bits per heavy atom. The Morgan fingerprint density at radius 1 is 1.04 bits per heavy atom. The topological polar surface area (TPSA) is 49.4 Å². The van der Waals surface area contributed by atoms with Crippen molar-refractivity contribution in [2.75, 3.05) is 6.54 Å². The number of hydrogen-bond donors (Lipinski definition) is 1. The molecule has 0 aliphatic carbocycles. The van der Waals surface area contributed by atoms with Gasteiger partial charge in [0.2, 0.25) is 11.8 Å². The molecule has 0 aromatic heterocycles. The molecule has 2 aromatic rings. The molecular formula is C22H26ClFN2O2. The first-order valence-electron chi connectivity index (χ1n) is 9.50. The Bertz CT molecular complexity index is 778. The van der Waals surface area contributed by atoms with Gasteiger partial charge in [-0.25, -0.2) is 4.39 Å². The van der Waals surface area contributed by atoms with Gasteiger partial charge < -0.3 is 10.2 Å². The molecule has 150 valence electrons. The van der Waals surface area contributed by atoms with Gasteiger partial charge in [0.15, 0.2) is 0 Å². The van der Waals surface area contributed by atoms with E-state index in [0.29, 0.717) is 30.1 Å². The summed E-state index contributed by atoms with van der Waals surface area (Å²) >= 11 is 5.95. The van der Waals surface area contributed by atoms with Crippen LogP contribution in [-0.2, 0) is 22.6 Å². The van der Waals surface area contributed by atoms with Gasteiger partial charge in [-0.05, 0) is 48.2 Å². The lowest BCUT2D eigenvalue weighted by molar-refractivity contribution is -0.140. The fourth-order valence-corrected chi connectivity index (χ4v) is 3.08. The Labute approximate surface area is 170 Å². The maximum absolute atomic E-state index is 13.2. The van der Waals surface area contributed by atoms with Crippen molar-refractivity contribution in [3.05, 3.63) is 70.5 Å². The van der Waals surface area contributed by atoms with Crippen LogP contribution in [0.1, 0.15) is 37.8 Å². The zero-order valence-corrected chi connectivity index (χ0v) is 17.0. The molecule has 0 aliphatic rings. The fraction of sp³-hybridized carbons (Fsp3) is 0.364. The molecule has 0 aliphatic heterocycles. The molecule has 2 rings (SSSR count). The van der Waals surface area contributed by atoms with E-state index in [1.54, 1.807) is 29.2 Å². The molecule has 6 heteroatoms. The van der Waals surface area contributed by atoms with Gasteiger partial charge in [-0.15, -0.1) is 0 Å². The third-order valence-corrected chi connectivity index (χ3v) is 4.72. The molecule has 0 saturated carbocycles. The summed E-state index contributed by atoms with van der Waals surface area (Å²) in [6.45, 7) is 4.73. The minimum atomic E-state index is -0.574. The van der Waals surface area contributed by atoms with Gasteiger partial charge in [-0.3, -0.25) is 9.59 Å². The molecule has 0 unspecified atom stereocenters. The summed E-state index contributed by atoms with van der Waals surface area (Å²) in [4.78, 5) is 27.3. The van der Waals surface area contributed by atoms with Crippen LogP contribution in [0.2, 0.25) is 5.02 Å². The van der Waals surface area contributed by atoms with E-state index in [1.165, 1.54) is 12.1 Å². The van der Waals surface area contributed by atoms with E-state index in [2.05, 4.69) is 5.32 Å². The highest BCUT2D eigenvalue weighted by molar-refractivity contribution is 6.30. The molecule has 2 aromatic carbocycles. The van der Waals surface area contributed by atoms with Crippen LogP contribution in [0.25, 0.3) is 0 Å². The molecule has 0 radical (unpaired) electrons. The van der Waals surface area contributed by atoms with Gasteiger partial charge in [-0.1, -0.05) is 49.7 Å². The molecule has 4 nitrogen and oxygen atoms in total. The van der Waals surface area contributed by atoms with Gasteiger partial charge in [0.1, 0.15) is 11.9 Å². The minimum absolute atomic E-state index is 0.103. The van der Waals surface area contributed by atoms with Crippen molar-refractivity contribution < 1.29 is 14.0 Å². The Hall–Kier alpha value is -2.40. The van der Waals surface area contributed by atoms with Crippen molar-refractivity contribution in [2.24, 2.45) is 0 Å². The quantitative estimate of drug-likeness (QED) is 0.675. The molecule has 28 heavy (non-hydrogen) atoms. The van der Waals surface area contributed by atoms with E-state index < -0.39 is 6.04 Å². The average molecular weight is 405 g/mol. The van der Waals surface area contributed by atoms with Crippen LogP contribution >= 0.6 is 11.6 Å². The number of hydrogen-bond acceptors (Lipinski definition) is 2. The lowest BCUT2D eigenvalue weighted by atomic mass is 10.1. The van der Waals surface area contributed by atoms with E-state index in [0.717, 1.165) is 12.0 Å². The highest BCUT2D eigenvalue weighted by Crippen LogP contribution is 2.17. The molecule has 0 saturated heterocycles. The second-order valence-corrected chi connectivity index (χ2v) is 7.10. The minimum Gasteiger partial charge on any atom is -0.354 e. The van der Waals surface area contributed by atoms with Crippen LogP contribution in [0.4, 0.5) is 4.39 Å². The Balaban J connectivity index is 2.24. The fourth-order valence-electron chi connectivity index (χ4n) is 2.95. The average Bonchev–Trinajstić information content (AvgIpc) is 2.69. The zero-order valence-electron chi connectivity index (χ0n) is 16.3. The van der Waals surface area contributed by atoms with Gasteiger partial charge in [-0.2, -0.15) is 0 Å². The summed E-state index contributed by atoms with van der Waals surface area (Å²) < 4.78 is 13.2. The number of amides is 2. The third kappa shape index (κ3) is 6.34. The van der Waals surface area contributed by atoms with Crippen LogP contribution in [0.3, 0.4) is 0 Å². The lowest BCUT2D eigenvalue weighted by Gasteiger charge is -2.30. The van der Waals surface area contributed by atoms with Crippen molar-refractivity contribution in [1.29, 1.82) is 0 Å². The second kappa shape index (κ2) is 10.8. The van der Waals surface area contributed by atoms with Crippen LogP contribution in [-0.4, -0.2) is 29.3 Å². The summed E-state index contributed by atoms with van der Waals surface area (Å²) in [5.41, 5.74) is 1.59. The number of carbonyl (C=O) groups is 2. The number of benzene rings is 2. The molecule has 1 N–H and O–H groups in total. The van der Waals surface area contributed by atoms with Crippen LogP contribution in [0, 0.1) is 5.82 Å². The van der Waals surface area contributed by atoms with Crippen LogP contribution < -0.4 is 5.32 Å². The highest BCUT2D eigenvalue weighted by atomic mass is 35.5. The zero-order chi connectivity index (χ0) is 20.5. The number of carbonyl (C=O) groups excluding carboxylic acids is 2. The summed E-state index contributed by atoms with van der Waals surface area (Å²) in [5.74, 6) is -0.689. The van der Waals surface area contributed by atoms with E-state index >= 15 is 0 Å². The van der Waals surface area contributed by atoms with Crippen molar-refractivity contribution in [3.63, 3.8) is 0 Å². The first kappa shape index (κ1) is 21.9. The molecule has 2 amide bonds. The lowest BCUT2D eigenvalue weighted by Crippen LogP contribution is -2.49. The summed E-state index contributed by atoms with van der Waals surface area (Å²) in [7, 11) is 0. The number of halogens is 2. The van der Waals surface area contributed by atoms with E-state index in [-0.39, 0.29) is 24.1 Å². The Kier molecular flexibility index (Phi) is 8.45. The van der Waals surface area contributed by atoms with Gasteiger partial charge in [0.05, 0.1) is 6.42 Å². The predicted octanol–water partition coefficient (Wildman–Crippen LogP) is 4.36. The molecule has 0 bridgehead atoms. The van der Waals surface area contributed by atoms with Gasteiger partial charge >= 0.3 is 0 Å². The van der Waals surface area contributed by atoms with Crippen molar-refractivity contribution >= 4 is 23.4 Å². The monoisotopic (exact) mass is 404 g/mol. The van der Waals surface area contributed by atoms with E-state index in [9.17, 15) is 14.0 Å². The number of nitrogens with one attached hydrogen (secondary N) is 1. The van der Waals surface area contributed by atoms with Gasteiger partial charge in [0.25, 0.3) is 0 Å². The molecule has 0 heterocycles. The summed E-state index contributed by atoms with van der Waals surface area (Å²) in [5, 5.41) is 3.49. The second-order valence-electron chi connectivity index (χ2n) is 6.67. The van der Waals surface area contributed by atoms with Crippen LogP contribution in [0.15, 0.2) is 48.5 Å². The largest absolute Gasteiger partial charge is 0.354 e. The predicted molar refractivity (Wildman–Crippen MR) is 109 cm³/mol. The molecule has 0 spiro atoms. The Morgan fingerprint density at radius 3 is 2.21 bits per heavy atom. The summed E-state index contributed by atoms with van der Waals surface area (Å²) in [6, 6.07) is 12.5. The standard InChI is InChI=1S/C22H26ClFN2O2/c1-3-13-25-22(28)20(4-2)26(15-17-5-9-18(23)10-6-17)21(27)14-16-7-11-19(24)12-8-16/h5-12,20H,3-4,13-15H2,1-2H3,(H,25,28)/t20-/m1/s1. The highest BCUT2D eigenvalue weighted by Gasteiger charge is 2.28. The maximum atomic E-state index is 13.2. The first-order valence-corrected chi connectivity index (χ1v) is 9.88. The number of rotatable bonds is 9. The third-order valence-electron chi connectivity index (χ3n) is 4.47. The van der Waals surface area contributed by atoms with Gasteiger partial charge in [0, 0.05) is 18.1 Å². The SMILES string of the molecule is CCCNC(=O)[C@@H](CC)N(Cc1ccc(Cl)cc1)C(=O)Cc1ccc(F)cc1. The van der Waals surface area contributed by atoms with E-state index in [4.69, 9.17) is 11.6 Å². The smallest absolute Gasteiger partial charge is 0.242 e. The molecular weight excluding hydrogens is 379 g/mol. The van der Waals surface area contributed by atoms with Crippen molar-refractivity contribution in [3.8, 4) is 0 Å². The van der Waals surface area contributed by atoms with E-state index in [1.807, 2.05) is 26.0 Å². The molecule has 0 fully saturated rings. The van der Waals surface area contributed by atoms with Crippen LogP contribution in [0.5, 0.6) is 0 Å². The van der Waals surface area contributed by atoms with Crippen molar-refractivity contribution in [2.45, 2.75) is 45.7 Å².